The highest BCUT2D eigenvalue weighted by Crippen LogP contribution is 1.80. The Balaban J connectivity index is -0.0000000954. The van der Waals surface area contributed by atoms with Gasteiger partial charge in [0.1, 0.15) is 0 Å². The zero-order valence-electron chi connectivity index (χ0n) is 12.6. The van der Waals surface area contributed by atoms with Crippen molar-refractivity contribution in [1.29, 1.82) is 10.8 Å². The third-order valence-corrected chi connectivity index (χ3v) is 1.33. The van der Waals surface area contributed by atoms with Crippen LogP contribution in [-0.2, 0) is 9.59 Å². The van der Waals surface area contributed by atoms with E-state index in [-0.39, 0.29) is 0 Å². The second-order valence-corrected chi connectivity index (χ2v) is 2.51. The summed E-state index contributed by atoms with van der Waals surface area (Å²) >= 11 is 0. The van der Waals surface area contributed by atoms with Crippen LogP contribution in [0.15, 0.2) is 72.8 Å². The molecule has 22 heavy (non-hydrogen) atoms. The summed E-state index contributed by atoms with van der Waals surface area (Å²) in [6.07, 6.45) is 1.50. The zero-order chi connectivity index (χ0) is 17.9. The molecule has 0 amide bonds. The van der Waals surface area contributed by atoms with E-state index in [0.29, 0.717) is 0 Å². The van der Waals surface area contributed by atoms with Crippen molar-refractivity contribution in [3.05, 3.63) is 72.8 Å². The van der Waals surface area contributed by atoms with Crippen LogP contribution in [0, 0.1) is 10.8 Å². The summed E-state index contributed by atoms with van der Waals surface area (Å²) in [4.78, 5) is 16.7. The summed E-state index contributed by atoms with van der Waals surface area (Å²) in [5.41, 5.74) is 0. The van der Waals surface area contributed by atoms with Gasteiger partial charge >= 0.3 is 0 Å². The molecule has 0 radical (unpaired) electrons. The van der Waals surface area contributed by atoms with Crippen molar-refractivity contribution < 1.29 is 19.8 Å². The molecule has 0 spiro atoms. The minimum atomic E-state index is 0.750. The molecule has 2 aromatic rings. The average molecular weight is 306 g/mol. The molecule has 6 heteroatoms. The number of nitrogens with one attached hydrogen (secondary N) is 2. The number of benzene rings is 2. The lowest BCUT2D eigenvalue weighted by Crippen LogP contribution is -1.47. The number of aliphatic hydroxyl groups is 2. The summed E-state index contributed by atoms with van der Waals surface area (Å²) in [6.45, 7) is 0. The topological polar surface area (TPSA) is 122 Å². The Hall–Kier alpha value is -2.88. The number of carbonyl (C=O) groups excluding carboxylic acids is 2. The molecule has 4 N–H and O–H groups in total. The van der Waals surface area contributed by atoms with E-state index >= 15 is 0 Å². The fraction of sp³-hybridized carbons (Fsp3) is 0.125. The monoisotopic (exact) mass is 306 g/mol. The Morgan fingerprint density at radius 1 is 0.500 bits per heavy atom. The molecule has 0 aliphatic carbocycles. The van der Waals surface area contributed by atoms with Crippen LogP contribution in [0.1, 0.15) is 0 Å². The maximum absolute atomic E-state index is 8.35. The smallest absolute Gasteiger partial charge is 0.231 e. The molecule has 0 aliphatic rings. The summed E-state index contributed by atoms with van der Waals surface area (Å²) < 4.78 is 0. The van der Waals surface area contributed by atoms with E-state index in [1.165, 1.54) is 0 Å². The molecule has 0 aliphatic heterocycles. The molecule has 0 aromatic heterocycles. The van der Waals surface area contributed by atoms with Crippen LogP contribution >= 0.6 is 0 Å². The third-order valence-electron chi connectivity index (χ3n) is 1.33. The highest BCUT2D eigenvalue weighted by atomic mass is 16.2. The largest absolute Gasteiger partial charge is 0.400 e. The lowest BCUT2D eigenvalue weighted by atomic mass is 10.4. The number of hydrogen-bond donors (Lipinski definition) is 4. The lowest BCUT2D eigenvalue weighted by Gasteiger charge is -1.69. The predicted octanol–water partition coefficient (Wildman–Crippen LogP) is 2.39. The van der Waals surface area contributed by atoms with Gasteiger partial charge in [-0.25, -0.2) is 20.4 Å². The van der Waals surface area contributed by atoms with Crippen molar-refractivity contribution >= 4 is 12.2 Å². The SMILES string of the molecule is CO.CO.N=C=O.N=C=O.c1ccccc1.c1ccccc1. The Kier molecular flexibility index (Phi) is 53.6. The Labute approximate surface area is 130 Å². The van der Waals surface area contributed by atoms with Crippen molar-refractivity contribution in [3.63, 3.8) is 0 Å². The maximum atomic E-state index is 8.35. The van der Waals surface area contributed by atoms with Gasteiger partial charge in [-0.05, 0) is 0 Å². The van der Waals surface area contributed by atoms with Gasteiger partial charge in [0.2, 0.25) is 12.2 Å². The van der Waals surface area contributed by atoms with E-state index in [1.807, 2.05) is 72.8 Å². The van der Waals surface area contributed by atoms with Crippen LogP contribution < -0.4 is 0 Å². The molecule has 0 atom stereocenters. The van der Waals surface area contributed by atoms with Crippen molar-refractivity contribution in [1.82, 2.24) is 0 Å². The minimum Gasteiger partial charge on any atom is -0.400 e. The Bertz CT molecular complexity index is 327. The van der Waals surface area contributed by atoms with Crippen LogP contribution in [0.2, 0.25) is 0 Å². The van der Waals surface area contributed by atoms with E-state index in [9.17, 15) is 0 Å². The molecule has 0 heterocycles. The van der Waals surface area contributed by atoms with E-state index in [4.69, 9.17) is 30.6 Å². The predicted molar refractivity (Wildman–Crippen MR) is 86.0 cm³/mol. The summed E-state index contributed by atoms with van der Waals surface area (Å²) in [7, 11) is 2.00. The van der Waals surface area contributed by atoms with Gasteiger partial charge in [-0.2, -0.15) is 0 Å². The fourth-order valence-corrected chi connectivity index (χ4v) is 0.770. The molecule has 0 bridgehead atoms. The Morgan fingerprint density at radius 2 is 0.545 bits per heavy atom. The molecule has 0 fully saturated rings. The Morgan fingerprint density at radius 3 is 0.591 bits per heavy atom. The van der Waals surface area contributed by atoms with Crippen molar-refractivity contribution in [2.75, 3.05) is 14.2 Å². The molecule has 0 saturated heterocycles. The van der Waals surface area contributed by atoms with E-state index in [0.717, 1.165) is 26.4 Å². The number of rotatable bonds is 0. The first-order valence-corrected chi connectivity index (χ1v) is 5.80. The van der Waals surface area contributed by atoms with Gasteiger partial charge in [-0.3, -0.25) is 0 Å². The molecule has 2 aromatic carbocycles. The van der Waals surface area contributed by atoms with Gasteiger partial charge in [0.05, 0.1) is 0 Å². The van der Waals surface area contributed by atoms with Crippen LogP contribution in [0.3, 0.4) is 0 Å². The second-order valence-electron chi connectivity index (χ2n) is 2.51. The highest BCUT2D eigenvalue weighted by molar-refractivity contribution is 5.26. The van der Waals surface area contributed by atoms with Gasteiger partial charge in [-0.1, -0.05) is 72.8 Å². The number of aliphatic hydroxyl groups excluding tert-OH is 2. The second kappa shape index (κ2) is 42.9. The summed E-state index contributed by atoms with van der Waals surface area (Å²) in [5.74, 6) is 0. The van der Waals surface area contributed by atoms with Crippen LogP contribution in [0.5, 0.6) is 0 Å². The molecule has 120 valence electrons. The molecule has 2 rings (SSSR count). The fourth-order valence-electron chi connectivity index (χ4n) is 0.770. The number of isocyanates is 2. The van der Waals surface area contributed by atoms with E-state index in [1.54, 1.807) is 0 Å². The average Bonchev–Trinajstić information content (AvgIpc) is 2.63. The van der Waals surface area contributed by atoms with Gasteiger partial charge in [0.15, 0.2) is 0 Å². The van der Waals surface area contributed by atoms with E-state index < -0.39 is 0 Å². The zero-order valence-corrected chi connectivity index (χ0v) is 12.6. The molecule has 0 saturated carbocycles. The van der Waals surface area contributed by atoms with Crippen molar-refractivity contribution in [3.8, 4) is 0 Å². The third kappa shape index (κ3) is 53.5. The van der Waals surface area contributed by atoms with Gasteiger partial charge in [-0.15, -0.1) is 0 Å². The van der Waals surface area contributed by atoms with E-state index in [2.05, 4.69) is 0 Å². The molecule has 0 unspecified atom stereocenters. The normalized spacial score (nSPS) is 5.64. The summed E-state index contributed by atoms with van der Waals surface area (Å²) in [5, 5.41) is 24.8. The first-order valence-electron chi connectivity index (χ1n) is 5.80. The van der Waals surface area contributed by atoms with Crippen molar-refractivity contribution in [2.24, 2.45) is 0 Å². The first kappa shape index (κ1) is 27.5. The van der Waals surface area contributed by atoms with Crippen LogP contribution in [-0.4, -0.2) is 36.6 Å². The lowest BCUT2D eigenvalue weighted by molar-refractivity contribution is 0.399. The van der Waals surface area contributed by atoms with Gasteiger partial charge in [0, 0.05) is 14.2 Å². The minimum absolute atomic E-state index is 0.750. The van der Waals surface area contributed by atoms with Gasteiger partial charge < -0.3 is 10.2 Å². The summed E-state index contributed by atoms with van der Waals surface area (Å²) in [6, 6.07) is 24.0. The van der Waals surface area contributed by atoms with Crippen LogP contribution in [0.25, 0.3) is 0 Å². The molecule has 6 nitrogen and oxygen atoms in total. The maximum Gasteiger partial charge on any atom is 0.231 e. The van der Waals surface area contributed by atoms with Crippen molar-refractivity contribution in [2.45, 2.75) is 0 Å². The molecular formula is C16H22N2O4. The van der Waals surface area contributed by atoms with Gasteiger partial charge in [0.25, 0.3) is 0 Å². The molecular weight excluding hydrogens is 284 g/mol. The standard InChI is InChI=1S/2C6H6.2CHNO.2CH4O/c2*1-2-4-6-5-3-1;2*2-1-3;2*1-2/h2*1-6H;2*2H;2*2H,1H3. The highest BCUT2D eigenvalue weighted by Gasteiger charge is 1.58. The van der Waals surface area contributed by atoms with Crippen LogP contribution in [0.4, 0.5) is 0 Å². The number of hydrogen-bond acceptors (Lipinski definition) is 6. The first-order chi connectivity index (χ1) is 10.8. The quantitative estimate of drug-likeness (QED) is 0.441.